The third kappa shape index (κ3) is 31.8. The number of unbranched alkanes of at least 4 members (excludes halogenated alkanes) is 16. The molecule has 0 amide bonds. The Balaban J connectivity index is 1.82. The molecule has 1 aliphatic heterocycles. The van der Waals surface area contributed by atoms with Gasteiger partial charge in [0.15, 0.2) is 12.3 Å². The van der Waals surface area contributed by atoms with Crippen molar-refractivity contribution in [3.8, 4) is 0 Å². The quantitative estimate of drug-likeness (QED) is 0.0154. The van der Waals surface area contributed by atoms with Crippen LogP contribution in [0.25, 0.3) is 0 Å². The number of hydrogen-bond donors (Lipinski definition) is 6. The number of phosphoric ester groups is 2. The van der Waals surface area contributed by atoms with Gasteiger partial charge in [-0.15, -0.1) is 0 Å². The van der Waals surface area contributed by atoms with Crippen molar-refractivity contribution >= 4 is 33.4 Å². The van der Waals surface area contributed by atoms with Crippen LogP contribution in [0, 0.1) is 0 Å². The van der Waals surface area contributed by atoms with Crippen LogP contribution < -0.4 is 11.4 Å². The van der Waals surface area contributed by atoms with Gasteiger partial charge < -0.3 is 45.1 Å². The molecular weight excluding hydrogens is 961 g/mol. The summed E-state index contributed by atoms with van der Waals surface area (Å²) in [4.78, 5) is 61.9. The van der Waals surface area contributed by atoms with Crippen LogP contribution in [0.2, 0.25) is 0 Å². The molecule has 19 nitrogen and oxygen atoms in total. The van der Waals surface area contributed by atoms with Gasteiger partial charge in [-0.3, -0.25) is 23.2 Å². The van der Waals surface area contributed by atoms with Crippen molar-refractivity contribution in [2.24, 2.45) is 0 Å². The second-order valence-corrected chi connectivity index (χ2v) is 21.0. The number of ether oxygens (including phenoxy) is 3. The van der Waals surface area contributed by atoms with Crippen LogP contribution >= 0.6 is 15.6 Å². The van der Waals surface area contributed by atoms with Gasteiger partial charge in [0.1, 0.15) is 30.7 Å². The number of aliphatic hydroxyl groups is 3. The molecule has 1 aromatic rings. The number of anilines is 1. The molecule has 0 radical (unpaired) electrons. The fourth-order valence-electron chi connectivity index (χ4n) is 7.44. The average molecular weight is 1050 g/mol. The normalized spacial score (nSPS) is 20.0. The van der Waals surface area contributed by atoms with E-state index in [1.807, 2.05) is 18.2 Å². The van der Waals surface area contributed by atoms with Crippen LogP contribution in [-0.2, 0) is 46.3 Å². The molecule has 1 fully saturated rings. The number of nitrogens with two attached hydrogens (primary N) is 1. The third-order valence-corrected chi connectivity index (χ3v) is 14.0. The summed E-state index contributed by atoms with van der Waals surface area (Å²) in [5, 5.41) is 30.2. The van der Waals surface area contributed by atoms with Crippen molar-refractivity contribution in [2.45, 2.75) is 211 Å². The highest BCUT2D eigenvalue weighted by Gasteiger charge is 2.46. The number of carbonyl (C=O) groups is 2. The highest BCUT2D eigenvalue weighted by molar-refractivity contribution is 7.61. The van der Waals surface area contributed by atoms with E-state index in [1.54, 1.807) is 6.92 Å². The van der Waals surface area contributed by atoms with Gasteiger partial charge in [0.25, 0.3) is 0 Å². The highest BCUT2D eigenvalue weighted by atomic mass is 31.3. The van der Waals surface area contributed by atoms with Gasteiger partial charge in [-0.2, -0.15) is 9.29 Å². The predicted molar refractivity (Wildman–Crippen MR) is 272 cm³/mol. The molecule has 0 aliphatic carbocycles. The standard InChI is InChI=1S/C50H85N3O16P2/c1-3-4-5-6-7-8-9-10-12-16-19-22-25-28-31-34-45(55)64-38-42(67-46(56)35-32-29-26-23-20-17-14-11-13-15-18-21-24-27-30-33-41(2)54)39-65-70(60,61)69-71(62,63)66-40-43-47(57)48(58)49(68-43)53-37-36-44(51)52-50(53)59/h13-15,17,21,23-24,26,36-37,41-43,47-49,54,57-58H,3-12,16,18-20,22,25,27-35,38-40H2,1-2H3,(H,60,61)(H,62,63)(H2,51,52,59)/b15-13-,17-14-,24-21-,26-23-/t41-,42+,43+,47+,48+,49+/m0/s1. The summed E-state index contributed by atoms with van der Waals surface area (Å²) in [6, 6.07) is 1.24. The minimum absolute atomic E-state index is 0.0371. The molecule has 406 valence electrons. The Kier molecular flexibility index (Phi) is 34.4. The maximum atomic E-state index is 12.8. The maximum Gasteiger partial charge on any atom is 0.481 e. The lowest BCUT2D eigenvalue weighted by Gasteiger charge is -2.21. The fraction of sp³-hybridized carbons (Fsp3) is 0.720. The lowest BCUT2D eigenvalue weighted by Crippen LogP contribution is -2.36. The first-order chi connectivity index (χ1) is 34.0. The smallest absolute Gasteiger partial charge is 0.462 e. The van der Waals surface area contributed by atoms with E-state index >= 15 is 0 Å². The Hall–Kier alpha value is -3.32. The van der Waals surface area contributed by atoms with Crippen LogP contribution in [0.1, 0.15) is 181 Å². The Bertz CT molecular complexity index is 1890. The van der Waals surface area contributed by atoms with Crippen LogP contribution in [0.5, 0.6) is 0 Å². The number of nitrogens with zero attached hydrogens (tertiary/aromatic N) is 2. The average Bonchev–Trinajstić information content (AvgIpc) is 3.59. The molecule has 0 saturated carbocycles. The Morgan fingerprint density at radius 2 is 1.24 bits per heavy atom. The van der Waals surface area contributed by atoms with Gasteiger partial charge in [0.05, 0.1) is 19.3 Å². The molecule has 2 unspecified atom stereocenters. The maximum absolute atomic E-state index is 12.8. The number of allylic oxidation sites excluding steroid dienone is 8. The Labute approximate surface area is 421 Å². The summed E-state index contributed by atoms with van der Waals surface area (Å²) in [5.41, 5.74) is 4.58. The lowest BCUT2D eigenvalue weighted by atomic mass is 10.0. The molecule has 7 N–H and O–H groups in total. The summed E-state index contributed by atoms with van der Waals surface area (Å²) >= 11 is 0. The van der Waals surface area contributed by atoms with E-state index in [2.05, 4.69) is 46.6 Å². The van der Waals surface area contributed by atoms with Gasteiger partial charge >= 0.3 is 33.3 Å². The fourth-order valence-corrected chi connectivity index (χ4v) is 9.55. The summed E-state index contributed by atoms with van der Waals surface area (Å²) in [7, 11) is -10.9. The van der Waals surface area contributed by atoms with E-state index in [-0.39, 0.29) is 24.8 Å². The van der Waals surface area contributed by atoms with E-state index in [1.165, 1.54) is 70.3 Å². The number of carbonyl (C=O) groups excluding carboxylic acids is 2. The van der Waals surface area contributed by atoms with Gasteiger partial charge in [0.2, 0.25) is 0 Å². The molecule has 8 atom stereocenters. The SMILES string of the molecule is CCCCCCCCCCCCCCCCCC(=O)OC[C@H](COP(=O)(O)OP(=O)(O)OC[C@H]1O[C@@H](n2ccc(N)nc2=O)[C@H](O)[C@@H]1O)OC(=O)CCC/C=C\C/C=C\C/C=C\C/C=C\CCC[C@H](C)O. The van der Waals surface area contributed by atoms with Crippen molar-refractivity contribution < 1.29 is 71.4 Å². The number of nitrogen functional groups attached to an aromatic ring is 1. The number of phosphoric acid groups is 2. The Morgan fingerprint density at radius 3 is 1.79 bits per heavy atom. The molecule has 21 heteroatoms. The van der Waals surface area contributed by atoms with Crippen LogP contribution in [0.4, 0.5) is 5.82 Å². The first-order valence-electron chi connectivity index (χ1n) is 25.7. The molecule has 1 aliphatic rings. The Morgan fingerprint density at radius 1 is 0.732 bits per heavy atom. The largest absolute Gasteiger partial charge is 0.481 e. The van der Waals surface area contributed by atoms with Crippen LogP contribution in [0.3, 0.4) is 0 Å². The van der Waals surface area contributed by atoms with Crippen molar-refractivity contribution in [3.63, 3.8) is 0 Å². The van der Waals surface area contributed by atoms with Crippen molar-refractivity contribution in [3.05, 3.63) is 71.4 Å². The van der Waals surface area contributed by atoms with Crippen molar-refractivity contribution in [1.29, 1.82) is 0 Å². The first kappa shape index (κ1) is 63.8. The van der Waals surface area contributed by atoms with Crippen LogP contribution in [0.15, 0.2) is 65.7 Å². The number of hydrogen-bond acceptors (Lipinski definition) is 16. The molecule has 0 bridgehead atoms. The highest BCUT2D eigenvalue weighted by Crippen LogP contribution is 2.60. The second kappa shape index (κ2) is 38.3. The van der Waals surface area contributed by atoms with Gasteiger partial charge in [-0.05, 0) is 70.8 Å². The van der Waals surface area contributed by atoms with Crippen molar-refractivity contribution in [1.82, 2.24) is 9.55 Å². The number of aliphatic hydroxyl groups excluding tert-OH is 3. The molecule has 0 aromatic carbocycles. The molecule has 2 rings (SSSR count). The number of rotatable bonds is 42. The van der Waals surface area contributed by atoms with Crippen molar-refractivity contribution in [2.75, 3.05) is 25.6 Å². The van der Waals surface area contributed by atoms with E-state index in [4.69, 9.17) is 29.0 Å². The van der Waals surface area contributed by atoms with E-state index in [0.29, 0.717) is 25.7 Å². The minimum Gasteiger partial charge on any atom is -0.462 e. The summed E-state index contributed by atoms with van der Waals surface area (Å²) in [5.74, 6) is -1.38. The molecule has 0 spiro atoms. The predicted octanol–water partition coefficient (Wildman–Crippen LogP) is 9.53. The first-order valence-corrected chi connectivity index (χ1v) is 28.7. The van der Waals surface area contributed by atoms with Crippen LogP contribution in [-0.4, -0.2) is 96.9 Å². The van der Waals surface area contributed by atoms with E-state index in [0.717, 1.165) is 68.6 Å². The second-order valence-electron chi connectivity index (χ2n) is 18.0. The zero-order valence-corrected chi connectivity index (χ0v) is 43.9. The molecular formula is C50H85N3O16P2. The zero-order chi connectivity index (χ0) is 52.2. The van der Waals surface area contributed by atoms with E-state index < -0.39 is 83.7 Å². The molecule has 71 heavy (non-hydrogen) atoms. The van der Waals surface area contributed by atoms with Gasteiger partial charge in [-0.1, -0.05) is 145 Å². The number of esters is 2. The molecule has 1 saturated heterocycles. The molecule has 2 heterocycles. The minimum atomic E-state index is -5.44. The topological polar surface area (TPSA) is 286 Å². The summed E-state index contributed by atoms with van der Waals surface area (Å²) in [6.07, 6.45) is 33.3. The third-order valence-electron chi connectivity index (χ3n) is 11.4. The lowest BCUT2D eigenvalue weighted by molar-refractivity contribution is -0.161. The monoisotopic (exact) mass is 1050 g/mol. The van der Waals surface area contributed by atoms with Gasteiger partial charge in [0, 0.05) is 19.0 Å². The van der Waals surface area contributed by atoms with E-state index in [9.17, 15) is 48.6 Å². The molecule has 1 aromatic heterocycles. The summed E-state index contributed by atoms with van der Waals surface area (Å²) in [6.45, 7) is 1.66. The zero-order valence-electron chi connectivity index (χ0n) is 42.1. The number of aromatic nitrogens is 2. The van der Waals surface area contributed by atoms with Gasteiger partial charge in [-0.25, -0.2) is 13.9 Å². The summed E-state index contributed by atoms with van der Waals surface area (Å²) < 4.78 is 56.7.